The van der Waals surface area contributed by atoms with Crippen LogP contribution in [-0.4, -0.2) is 26.3 Å². The molecule has 2 aromatic carbocycles. The van der Waals surface area contributed by atoms with Crippen LogP contribution in [0.5, 0.6) is 0 Å². The molecule has 2 rings (SSSR count). The third-order valence-electron chi connectivity index (χ3n) is 3.64. The first kappa shape index (κ1) is 18.9. The van der Waals surface area contributed by atoms with E-state index in [0.29, 0.717) is 5.56 Å². The summed E-state index contributed by atoms with van der Waals surface area (Å²) in [5, 5.41) is 2.79. The van der Waals surface area contributed by atoms with Crippen LogP contribution in [0.1, 0.15) is 18.1 Å². The Morgan fingerprint density at radius 2 is 1.88 bits per heavy atom. The van der Waals surface area contributed by atoms with Crippen LogP contribution in [-0.2, 0) is 23.1 Å². The molecule has 0 fully saturated rings. The number of sulfonamides is 1. The molecule has 0 saturated carbocycles. The number of nitrogens with zero attached hydrogens (tertiary/aromatic N) is 1. The molecule has 0 unspecified atom stereocenters. The Kier molecular flexibility index (Phi) is 6.34. The highest BCUT2D eigenvalue weighted by molar-refractivity contribution is 7.89. The van der Waals surface area contributed by atoms with Gasteiger partial charge in [0.2, 0.25) is 10.0 Å². The summed E-state index contributed by atoms with van der Waals surface area (Å²) in [6.07, 6.45) is 0. The van der Waals surface area contributed by atoms with Gasteiger partial charge in [0.15, 0.2) is 0 Å². The average Bonchev–Trinajstić information content (AvgIpc) is 2.57. The quantitative estimate of drug-likeness (QED) is 0.812. The van der Waals surface area contributed by atoms with Crippen molar-refractivity contribution >= 4 is 21.6 Å². The van der Waals surface area contributed by atoms with Crippen molar-refractivity contribution in [2.75, 3.05) is 13.6 Å². The Hall–Kier alpha value is -1.47. The third kappa shape index (κ3) is 4.13. The summed E-state index contributed by atoms with van der Waals surface area (Å²) in [6.45, 7) is 2.54. The summed E-state index contributed by atoms with van der Waals surface area (Å²) in [7, 11) is -2.14. The van der Waals surface area contributed by atoms with Crippen molar-refractivity contribution in [2.45, 2.75) is 24.9 Å². The zero-order valence-corrected chi connectivity index (χ0v) is 15.2. The van der Waals surface area contributed by atoms with E-state index in [0.717, 1.165) is 11.6 Å². The molecule has 0 aliphatic rings. The predicted octanol–water partition coefficient (Wildman–Crippen LogP) is 3.41. The van der Waals surface area contributed by atoms with Crippen molar-refractivity contribution < 1.29 is 12.8 Å². The summed E-state index contributed by atoms with van der Waals surface area (Å²) in [5.41, 5.74) is 1.28. The van der Waals surface area contributed by atoms with Gasteiger partial charge in [-0.3, -0.25) is 0 Å². The van der Waals surface area contributed by atoms with Crippen LogP contribution < -0.4 is 5.32 Å². The SMILES string of the molecule is CCN(Cc1ccccc1)S(=O)(=O)c1cc(F)c(Cl)c(CNC)c1. The number of rotatable bonds is 7. The Labute approximate surface area is 147 Å². The maximum atomic E-state index is 14.0. The van der Waals surface area contributed by atoms with Gasteiger partial charge in [-0.1, -0.05) is 48.9 Å². The van der Waals surface area contributed by atoms with Gasteiger partial charge in [0.25, 0.3) is 0 Å². The van der Waals surface area contributed by atoms with Gasteiger partial charge in [0.05, 0.1) is 9.92 Å². The van der Waals surface area contributed by atoms with Crippen LogP contribution in [0.4, 0.5) is 4.39 Å². The van der Waals surface area contributed by atoms with Crippen LogP contribution >= 0.6 is 11.6 Å². The Bertz CT molecular complexity index is 798. The molecule has 0 atom stereocenters. The molecule has 0 spiro atoms. The van der Waals surface area contributed by atoms with E-state index in [9.17, 15) is 12.8 Å². The number of hydrogen-bond donors (Lipinski definition) is 1. The molecule has 4 nitrogen and oxygen atoms in total. The maximum Gasteiger partial charge on any atom is 0.243 e. The molecule has 0 radical (unpaired) electrons. The Morgan fingerprint density at radius 3 is 2.46 bits per heavy atom. The van der Waals surface area contributed by atoms with Crippen LogP contribution in [0.3, 0.4) is 0 Å². The number of benzene rings is 2. The fourth-order valence-electron chi connectivity index (χ4n) is 2.39. The number of nitrogens with one attached hydrogen (secondary N) is 1. The predicted molar refractivity (Wildman–Crippen MR) is 93.9 cm³/mol. The van der Waals surface area contributed by atoms with E-state index in [4.69, 9.17) is 11.6 Å². The summed E-state index contributed by atoms with van der Waals surface area (Å²) in [5.74, 6) is -0.737. The molecule has 0 aliphatic carbocycles. The molecule has 0 bridgehead atoms. The second-order valence-electron chi connectivity index (χ2n) is 5.33. The standard InChI is InChI=1S/C17H20ClFN2O2S/c1-3-21(12-13-7-5-4-6-8-13)24(22,23)15-9-14(11-20-2)17(18)16(19)10-15/h4-10,20H,3,11-12H2,1-2H3. The van der Waals surface area contributed by atoms with Crippen molar-refractivity contribution in [3.63, 3.8) is 0 Å². The van der Waals surface area contributed by atoms with Gasteiger partial charge < -0.3 is 5.32 Å². The van der Waals surface area contributed by atoms with E-state index in [1.54, 1.807) is 14.0 Å². The number of hydrogen-bond acceptors (Lipinski definition) is 3. The smallest absolute Gasteiger partial charge is 0.243 e. The molecular formula is C17H20ClFN2O2S. The third-order valence-corrected chi connectivity index (χ3v) is 5.96. The first-order chi connectivity index (χ1) is 11.4. The van der Waals surface area contributed by atoms with Gasteiger partial charge in [0, 0.05) is 19.6 Å². The second kappa shape index (κ2) is 8.07. The Balaban J connectivity index is 2.40. The minimum Gasteiger partial charge on any atom is -0.316 e. The fraction of sp³-hybridized carbons (Fsp3) is 0.294. The van der Waals surface area contributed by atoms with Gasteiger partial charge >= 0.3 is 0 Å². The van der Waals surface area contributed by atoms with E-state index < -0.39 is 15.8 Å². The zero-order chi connectivity index (χ0) is 17.7. The van der Waals surface area contributed by atoms with Crippen LogP contribution in [0.15, 0.2) is 47.4 Å². The topological polar surface area (TPSA) is 49.4 Å². The molecule has 0 amide bonds. The molecule has 7 heteroatoms. The van der Waals surface area contributed by atoms with Crippen molar-refractivity contribution in [3.05, 3.63) is 64.4 Å². The van der Waals surface area contributed by atoms with Gasteiger partial charge in [0.1, 0.15) is 5.82 Å². The van der Waals surface area contributed by atoms with E-state index in [2.05, 4.69) is 5.32 Å². The highest BCUT2D eigenvalue weighted by atomic mass is 35.5. The maximum absolute atomic E-state index is 14.0. The van der Waals surface area contributed by atoms with E-state index in [1.807, 2.05) is 30.3 Å². The summed E-state index contributed by atoms with van der Waals surface area (Å²) < 4.78 is 41.1. The van der Waals surface area contributed by atoms with E-state index in [1.165, 1.54) is 10.4 Å². The molecule has 0 saturated heterocycles. The molecule has 1 N–H and O–H groups in total. The minimum atomic E-state index is -3.82. The highest BCUT2D eigenvalue weighted by Gasteiger charge is 2.25. The van der Waals surface area contributed by atoms with Crippen molar-refractivity contribution in [1.29, 1.82) is 0 Å². The van der Waals surface area contributed by atoms with E-state index >= 15 is 0 Å². The molecule has 0 aromatic heterocycles. The largest absolute Gasteiger partial charge is 0.316 e. The molecular weight excluding hydrogens is 351 g/mol. The fourth-order valence-corrected chi connectivity index (χ4v) is 4.07. The summed E-state index contributed by atoms with van der Waals surface area (Å²) in [6, 6.07) is 11.7. The summed E-state index contributed by atoms with van der Waals surface area (Å²) >= 11 is 5.91. The van der Waals surface area contributed by atoms with Gasteiger partial charge in [-0.05, 0) is 30.3 Å². The average molecular weight is 371 g/mol. The minimum absolute atomic E-state index is 0.0607. The first-order valence-electron chi connectivity index (χ1n) is 7.56. The molecule has 2 aromatic rings. The lowest BCUT2D eigenvalue weighted by molar-refractivity contribution is 0.423. The molecule has 0 aliphatic heterocycles. The van der Waals surface area contributed by atoms with Gasteiger partial charge in [-0.25, -0.2) is 12.8 Å². The highest BCUT2D eigenvalue weighted by Crippen LogP contribution is 2.27. The molecule has 24 heavy (non-hydrogen) atoms. The lowest BCUT2D eigenvalue weighted by atomic mass is 10.2. The van der Waals surface area contributed by atoms with E-state index in [-0.39, 0.29) is 29.6 Å². The molecule has 0 heterocycles. The van der Waals surface area contributed by atoms with Crippen LogP contribution in [0.25, 0.3) is 0 Å². The van der Waals surface area contributed by atoms with Crippen molar-refractivity contribution in [1.82, 2.24) is 9.62 Å². The van der Waals surface area contributed by atoms with Crippen molar-refractivity contribution in [2.24, 2.45) is 0 Å². The van der Waals surface area contributed by atoms with Gasteiger partial charge in [-0.15, -0.1) is 0 Å². The molecule has 130 valence electrons. The normalized spacial score (nSPS) is 11.9. The first-order valence-corrected chi connectivity index (χ1v) is 9.38. The van der Waals surface area contributed by atoms with Gasteiger partial charge in [-0.2, -0.15) is 4.31 Å². The lowest BCUT2D eigenvalue weighted by Gasteiger charge is -2.21. The Morgan fingerprint density at radius 1 is 1.21 bits per heavy atom. The van der Waals surface area contributed by atoms with Crippen LogP contribution in [0, 0.1) is 5.82 Å². The van der Waals surface area contributed by atoms with Crippen molar-refractivity contribution in [3.8, 4) is 0 Å². The second-order valence-corrected chi connectivity index (χ2v) is 7.64. The van der Waals surface area contributed by atoms with Crippen LogP contribution in [0.2, 0.25) is 5.02 Å². The lowest BCUT2D eigenvalue weighted by Crippen LogP contribution is -2.30. The summed E-state index contributed by atoms with van der Waals surface area (Å²) in [4.78, 5) is -0.0903. The zero-order valence-electron chi connectivity index (χ0n) is 13.6. The monoisotopic (exact) mass is 370 g/mol. The number of halogens is 2.